The average molecular weight is 377 g/mol. The van der Waals surface area contributed by atoms with Crippen LogP contribution in [0.4, 0.5) is 0 Å². The summed E-state index contributed by atoms with van der Waals surface area (Å²) in [5.74, 6) is 0.853. The summed E-state index contributed by atoms with van der Waals surface area (Å²) < 4.78 is 14.0. The van der Waals surface area contributed by atoms with Gasteiger partial charge >= 0.3 is 0 Å². The third-order valence-corrected chi connectivity index (χ3v) is 5.91. The van der Waals surface area contributed by atoms with E-state index >= 15 is 0 Å². The summed E-state index contributed by atoms with van der Waals surface area (Å²) in [6, 6.07) is 27.3. The molecule has 0 fully saturated rings. The Kier molecular flexibility index (Phi) is 3.30. The lowest BCUT2D eigenvalue weighted by molar-refractivity contribution is 0.415. The van der Waals surface area contributed by atoms with E-state index in [1.165, 1.54) is 27.4 Å². The minimum atomic E-state index is 0.853. The van der Waals surface area contributed by atoms with E-state index in [-0.39, 0.29) is 0 Å². The predicted molar refractivity (Wildman–Crippen MR) is 120 cm³/mol. The summed E-state index contributed by atoms with van der Waals surface area (Å²) in [7, 11) is 3.84. The van der Waals surface area contributed by atoms with Crippen LogP contribution in [0.25, 0.3) is 54.9 Å². The molecule has 0 aliphatic carbocycles. The summed E-state index contributed by atoms with van der Waals surface area (Å²) in [5.41, 5.74) is 6.62. The van der Waals surface area contributed by atoms with Crippen LogP contribution >= 0.6 is 0 Å². The van der Waals surface area contributed by atoms with Crippen molar-refractivity contribution < 1.29 is 9.15 Å². The summed E-state index contributed by atoms with van der Waals surface area (Å²) in [6.07, 6.45) is 0. The highest BCUT2D eigenvalue weighted by Gasteiger charge is 2.20. The second-order valence-corrected chi connectivity index (χ2v) is 7.42. The molecule has 6 aromatic rings. The Bertz CT molecular complexity index is 1530. The molecular weight excluding hydrogens is 358 g/mol. The average Bonchev–Trinajstić information content (AvgIpc) is 3.28. The number of ether oxygens (including phenoxy) is 1. The highest BCUT2D eigenvalue weighted by molar-refractivity contribution is 6.24. The maximum atomic E-state index is 6.29. The van der Waals surface area contributed by atoms with E-state index in [0.29, 0.717) is 0 Å². The standard InChI is InChI=1S/C26H19NO2/c1-27-21-9-5-3-7-18(21)20-15-23-25(19-8-4-6-10-22(19)29-23)24(26(20)27)16-11-13-17(28-2)14-12-16/h3-15H,1-2H3. The molecule has 0 aliphatic rings. The van der Waals surface area contributed by atoms with E-state index in [4.69, 9.17) is 9.15 Å². The molecule has 2 heterocycles. The second-order valence-electron chi connectivity index (χ2n) is 7.42. The molecule has 3 nitrogen and oxygen atoms in total. The fraction of sp³-hybridized carbons (Fsp3) is 0.0769. The van der Waals surface area contributed by atoms with E-state index < -0.39 is 0 Å². The zero-order valence-electron chi connectivity index (χ0n) is 16.3. The predicted octanol–water partition coefficient (Wildman–Crippen LogP) is 6.91. The highest BCUT2D eigenvalue weighted by Crippen LogP contribution is 2.44. The Balaban J connectivity index is 1.88. The van der Waals surface area contributed by atoms with E-state index in [1.807, 2.05) is 24.3 Å². The monoisotopic (exact) mass is 377 g/mol. The molecule has 140 valence electrons. The number of hydrogen-bond acceptors (Lipinski definition) is 2. The zero-order valence-corrected chi connectivity index (χ0v) is 16.3. The van der Waals surface area contributed by atoms with Gasteiger partial charge in [-0.25, -0.2) is 0 Å². The molecule has 0 N–H and O–H groups in total. The Labute approximate surface area is 167 Å². The highest BCUT2D eigenvalue weighted by atomic mass is 16.5. The number of benzene rings is 4. The molecule has 0 saturated carbocycles. The molecule has 2 aromatic heterocycles. The third-order valence-electron chi connectivity index (χ3n) is 5.91. The van der Waals surface area contributed by atoms with Crippen LogP contribution in [0, 0.1) is 0 Å². The van der Waals surface area contributed by atoms with Crippen molar-refractivity contribution in [3.63, 3.8) is 0 Å². The maximum Gasteiger partial charge on any atom is 0.136 e. The fourth-order valence-corrected chi connectivity index (χ4v) is 4.58. The van der Waals surface area contributed by atoms with Crippen molar-refractivity contribution in [2.24, 2.45) is 7.05 Å². The van der Waals surface area contributed by atoms with Gasteiger partial charge < -0.3 is 13.7 Å². The van der Waals surface area contributed by atoms with Gasteiger partial charge in [0.2, 0.25) is 0 Å². The van der Waals surface area contributed by atoms with Crippen LogP contribution in [-0.2, 0) is 7.05 Å². The van der Waals surface area contributed by atoms with Gasteiger partial charge in [-0.3, -0.25) is 0 Å². The van der Waals surface area contributed by atoms with Gasteiger partial charge in [0.15, 0.2) is 0 Å². The molecule has 0 unspecified atom stereocenters. The summed E-state index contributed by atoms with van der Waals surface area (Å²) >= 11 is 0. The second kappa shape index (κ2) is 5.89. The van der Waals surface area contributed by atoms with Gasteiger partial charge in [0.25, 0.3) is 0 Å². The van der Waals surface area contributed by atoms with Gasteiger partial charge in [0, 0.05) is 39.7 Å². The van der Waals surface area contributed by atoms with Gasteiger partial charge in [0.05, 0.1) is 12.6 Å². The first-order valence-corrected chi connectivity index (χ1v) is 9.72. The number of rotatable bonds is 2. The van der Waals surface area contributed by atoms with Crippen LogP contribution in [0.2, 0.25) is 0 Å². The normalized spacial score (nSPS) is 11.8. The Hall–Kier alpha value is -3.72. The molecule has 0 aliphatic heterocycles. The minimum absolute atomic E-state index is 0.853. The molecule has 0 spiro atoms. The summed E-state index contributed by atoms with van der Waals surface area (Å²) in [6.45, 7) is 0. The zero-order chi connectivity index (χ0) is 19.5. The Morgan fingerprint density at radius 3 is 2.28 bits per heavy atom. The smallest absolute Gasteiger partial charge is 0.136 e. The molecule has 3 heteroatoms. The van der Waals surface area contributed by atoms with Crippen molar-refractivity contribution in [2.75, 3.05) is 7.11 Å². The fourth-order valence-electron chi connectivity index (χ4n) is 4.58. The van der Waals surface area contributed by atoms with Crippen LogP contribution < -0.4 is 4.74 Å². The molecule has 29 heavy (non-hydrogen) atoms. The number of hydrogen-bond donors (Lipinski definition) is 0. The number of furan rings is 1. The van der Waals surface area contributed by atoms with Crippen LogP contribution in [0.1, 0.15) is 0 Å². The molecule has 0 bridgehead atoms. The van der Waals surface area contributed by atoms with Gasteiger partial charge in [-0.2, -0.15) is 0 Å². The van der Waals surface area contributed by atoms with Crippen LogP contribution in [0.3, 0.4) is 0 Å². The first-order valence-electron chi connectivity index (χ1n) is 9.72. The molecule has 6 rings (SSSR count). The first kappa shape index (κ1) is 16.3. The number of para-hydroxylation sites is 2. The number of fused-ring (bicyclic) bond motifs is 6. The molecular formula is C26H19NO2. The maximum absolute atomic E-state index is 6.29. The third kappa shape index (κ3) is 2.18. The van der Waals surface area contributed by atoms with Crippen LogP contribution in [-0.4, -0.2) is 11.7 Å². The topological polar surface area (TPSA) is 27.3 Å². The number of aryl methyl sites for hydroxylation is 1. The number of methoxy groups -OCH3 is 1. The number of aromatic nitrogens is 1. The van der Waals surface area contributed by atoms with Gasteiger partial charge in [-0.15, -0.1) is 0 Å². The van der Waals surface area contributed by atoms with Gasteiger partial charge in [-0.1, -0.05) is 48.5 Å². The molecule has 0 radical (unpaired) electrons. The lowest BCUT2D eigenvalue weighted by Crippen LogP contribution is -1.91. The molecule has 0 saturated heterocycles. The Morgan fingerprint density at radius 1 is 0.759 bits per heavy atom. The van der Waals surface area contributed by atoms with Crippen molar-refractivity contribution in [2.45, 2.75) is 0 Å². The molecule has 4 aromatic carbocycles. The summed E-state index contributed by atoms with van der Waals surface area (Å²) in [5, 5.41) is 4.74. The van der Waals surface area contributed by atoms with Crippen molar-refractivity contribution >= 4 is 43.7 Å². The molecule has 0 amide bonds. The number of nitrogens with zero attached hydrogens (tertiary/aromatic N) is 1. The minimum Gasteiger partial charge on any atom is -0.497 e. The van der Waals surface area contributed by atoms with E-state index in [0.717, 1.165) is 33.3 Å². The van der Waals surface area contributed by atoms with Crippen molar-refractivity contribution in [3.8, 4) is 16.9 Å². The van der Waals surface area contributed by atoms with Gasteiger partial charge in [-0.05, 0) is 35.9 Å². The van der Waals surface area contributed by atoms with Crippen molar-refractivity contribution in [1.29, 1.82) is 0 Å². The van der Waals surface area contributed by atoms with Crippen LogP contribution in [0.5, 0.6) is 5.75 Å². The van der Waals surface area contributed by atoms with E-state index in [2.05, 4.69) is 66.2 Å². The van der Waals surface area contributed by atoms with E-state index in [9.17, 15) is 0 Å². The van der Waals surface area contributed by atoms with Gasteiger partial charge in [0.1, 0.15) is 16.9 Å². The lowest BCUT2D eigenvalue weighted by Gasteiger charge is -2.10. The summed E-state index contributed by atoms with van der Waals surface area (Å²) in [4.78, 5) is 0. The molecule has 0 atom stereocenters. The van der Waals surface area contributed by atoms with Crippen molar-refractivity contribution in [3.05, 3.63) is 78.9 Å². The van der Waals surface area contributed by atoms with Crippen LogP contribution in [0.15, 0.2) is 83.3 Å². The quantitative estimate of drug-likeness (QED) is 0.328. The lowest BCUT2D eigenvalue weighted by atomic mass is 9.96. The van der Waals surface area contributed by atoms with Crippen molar-refractivity contribution in [1.82, 2.24) is 4.57 Å². The SMILES string of the molecule is COc1ccc(-c2c3c(cc4c5ccccc5n(C)c24)oc2ccccc23)cc1. The largest absolute Gasteiger partial charge is 0.497 e. The first-order chi connectivity index (χ1) is 14.3. The Morgan fingerprint density at radius 2 is 1.48 bits per heavy atom. The van der Waals surface area contributed by atoms with E-state index in [1.54, 1.807) is 7.11 Å².